The number of hydrogen-bond acceptors (Lipinski definition) is 3. The first-order valence-electron chi connectivity index (χ1n) is 5.72. The van der Waals surface area contributed by atoms with Crippen LogP contribution in [0.4, 0.5) is 0 Å². The average Bonchev–Trinajstić information content (AvgIpc) is 2.78. The molecule has 1 fully saturated rings. The fourth-order valence-corrected chi connectivity index (χ4v) is 2.23. The summed E-state index contributed by atoms with van der Waals surface area (Å²) in [6.07, 6.45) is 3.24. The summed E-state index contributed by atoms with van der Waals surface area (Å²) in [6, 6.07) is 3.31. The summed E-state index contributed by atoms with van der Waals surface area (Å²) in [5.74, 6) is 0.416. The van der Waals surface area contributed by atoms with Crippen molar-refractivity contribution < 1.29 is 9.90 Å². The van der Waals surface area contributed by atoms with Crippen molar-refractivity contribution in [2.24, 2.45) is 5.92 Å². The largest absolute Gasteiger partial charge is 0.396 e. The second kappa shape index (κ2) is 5.47. The molecule has 1 unspecified atom stereocenters. The minimum atomic E-state index is -0.00499. The van der Waals surface area contributed by atoms with Crippen LogP contribution in [0, 0.1) is 5.92 Å². The number of aromatic nitrogens is 1. The molecule has 2 rings (SSSR count). The zero-order valence-electron chi connectivity index (χ0n) is 9.47. The van der Waals surface area contributed by atoms with Gasteiger partial charge in [0.2, 0.25) is 0 Å². The molecule has 1 aromatic rings. The van der Waals surface area contributed by atoms with Gasteiger partial charge in [-0.2, -0.15) is 0 Å². The third-order valence-electron chi connectivity index (χ3n) is 3.08. The highest BCUT2D eigenvalue weighted by molar-refractivity contribution is 6.29. The number of aliphatic hydroxyl groups excluding tert-OH is 1. The van der Waals surface area contributed by atoms with Crippen molar-refractivity contribution in [1.29, 1.82) is 0 Å². The molecule has 92 valence electrons. The molecule has 1 aromatic heterocycles. The number of hydrogen-bond donors (Lipinski definition) is 1. The van der Waals surface area contributed by atoms with E-state index in [9.17, 15) is 4.79 Å². The Hall–Kier alpha value is -1.13. The molecule has 1 amide bonds. The first-order chi connectivity index (χ1) is 8.20. The Balaban J connectivity index is 1.99. The van der Waals surface area contributed by atoms with Gasteiger partial charge in [-0.05, 0) is 30.9 Å². The zero-order valence-corrected chi connectivity index (χ0v) is 10.2. The average molecular weight is 255 g/mol. The number of carbonyl (C=O) groups is 1. The van der Waals surface area contributed by atoms with Crippen LogP contribution in [0.3, 0.4) is 0 Å². The van der Waals surface area contributed by atoms with Gasteiger partial charge < -0.3 is 10.0 Å². The van der Waals surface area contributed by atoms with Crippen LogP contribution in [0.25, 0.3) is 0 Å². The van der Waals surface area contributed by atoms with E-state index >= 15 is 0 Å². The number of carbonyl (C=O) groups excluding carboxylic acids is 1. The molecule has 4 nitrogen and oxygen atoms in total. The highest BCUT2D eigenvalue weighted by atomic mass is 35.5. The number of aliphatic hydroxyl groups is 1. The topological polar surface area (TPSA) is 53.4 Å². The summed E-state index contributed by atoms with van der Waals surface area (Å²) in [5, 5.41) is 9.26. The summed E-state index contributed by atoms with van der Waals surface area (Å²) in [5.41, 5.74) is 0.569. The van der Waals surface area contributed by atoms with E-state index in [-0.39, 0.29) is 12.5 Å². The van der Waals surface area contributed by atoms with Gasteiger partial charge in [0, 0.05) is 25.9 Å². The van der Waals surface area contributed by atoms with Gasteiger partial charge in [0.15, 0.2) is 0 Å². The Bertz CT molecular complexity index is 394. The van der Waals surface area contributed by atoms with Gasteiger partial charge in [0.25, 0.3) is 5.91 Å². The van der Waals surface area contributed by atoms with Crippen molar-refractivity contribution in [3.63, 3.8) is 0 Å². The smallest absolute Gasteiger partial charge is 0.255 e. The lowest BCUT2D eigenvalue weighted by Crippen LogP contribution is -2.28. The van der Waals surface area contributed by atoms with E-state index in [2.05, 4.69) is 4.98 Å². The molecule has 0 bridgehead atoms. The van der Waals surface area contributed by atoms with Gasteiger partial charge in [-0.25, -0.2) is 4.98 Å². The highest BCUT2D eigenvalue weighted by Crippen LogP contribution is 2.21. The summed E-state index contributed by atoms with van der Waals surface area (Å²) in [4.78, 5) is 17.8. The fraction of sp³-hybridized carbons (Fsp3) is 0.500. The Morgan fingerprint density at radius 1 is 1.59 bits per heavy atom. The summed E-state index contributed by atoms with van der Waals surface area (Å²) < 4.78 is 0. The first kappa shape index (κ1) is 12.3. The van der Waals surface area contributed by atoms with Crippen LogP contribution in [0.1, 0.15) is 23.2 Å². The van der Waals surface area contributed by atoms with Crippen molar-refractivity contribution in [3.8, 4) is 0 Å². The summed E-state index contributed by atoms with van der Waals surface area (Å²) >= 11 is 5.68. The van der Waals surface area contributed by atoms with E-state index in [1.807, 2.05) is 4.90 Å². The van der Waals surface area contributed by atoms with Gasteiger partial charge in [0.05, 0.1) is 5.56 Å². The number of rotatable bonds is 3. The lowest BCUT2D eigenvalue weighted by molar-refractivity contribution is 0.0784. The normalized spacial score (nSPS) is 19.6. The number of amides is 1. The molecule has 5 heteroatoms. The van der Waals surface area contributed by atoms with Gasteiger partial charge >= 0.3 is 0 Å². The molecule has 1 N–H and O–H groups in total. The van der Waals surface area contributed by atoms with E-state index in [4.69, 9.17) is 16.7 Å². The van der Waals surface area contributed by atoms with Gasteiger partial charge in [-0.15, -0.1) is 0 Å². The molecule has 2 heterocycles. The van der Waals surface area contributed by atoms with Crippen LogP contribution in [0.15, 0.2) is 18.3 Å². The third kappa shape index (κ3) is 2.96. The second-order valence-electron chi connectivity index (χ2n) is 4.29. The first-order valence-corrected chi connectivity index (χ1v) is 6.10. The maximum Gasteiger partial charge on any atom is 0.255 e. The summed E-state index contributed by atoms with van der Waals surface area (Å²) in [6.45, 7) is 1.67. The van der Waals surface area contributed by atoms with Gasteiger partial charge in [0.1, 0.15) is 5.15 Å². The molecule has 0 aromatic carbocycles. The molecule has 0 saturated carbocycles. The van der Waals surface area contributed by atoms with Crippen molar-refractivity contribution >= 4 is 17.5 Å². The lowest BCUT2D eigenvalue weighted by atomic mass is 10.1. The number of likely N-dealkylation sites (tertiary alicyclic amines) is 1. The molecule has 0 radical (unpaired) electrons. The second-order valence-corrected chi connectivity index (χ2v) is 4.67. The molecule has 0 spiro atoms. The number of pyridine rings is 1. The fourth-order valence-electron chi connectivity index (χ4n) is 2.12. The van der Waals surface area contributed by atoms with Crippen molar-refractivity contribution in [2.75, 3.05) is 19.7 Å². The molecule has 0 aliphatic carbocycles. The third-order valence-corrected chi connectivity index (χ3v) is 3.31. The van der Waals surface area contributed by atoms with E-state index in [1.165, 1.54) is 6.20 Å². The number of halogens is 1. The van der Waals surface area contributed by atoms with Crippen molar-refractivity contribution in [3.05, 3.63) is 29.0 Å². The van der Waals surface area contributed by atoms with Crippen molar-refractivity contribution in [2.45, 2.75) is 12.8 Å². The van der Waals surface area contributed by atoms with Gasteiger partial charge in [-0.1, -0.05) is 11.6 Å². The van der Waals surface area contributed by atoms with Crippen LogP contribution in [0.5, 0.6) is 0 Å². The van der Waals surface area contributed by atoms with Crippen LogP contribution in [0.2, 0.25) is 5.15 Å². The van der Waals surface area contributed by atoms with Crippen LogP contribution >= 0.6 is 11.6 Å². The lowest BCUT2D eigenvalue weighted by Gasteiger charge is -2.16. The highest BCUT2D eigenvalue weighted by Gasteiger charge is 2.26. The standard InChI is InChI=1S/C12H15ClN2O2/c13-11-2-1-10(7-14-11)12(17)15-5-3-9(8-15)4-6-16/h1-2,7,9,16H,3-6,8H2. The SMILES string of the molecule is O=C(c1ccc(Cl)nc1)N1CCC(CCO)C1. The molecule has 1 aliphatic heterocycles. The molecular formula is C12H15ClN2O2. The van der Waals surface area contributed by atoms with Crippen LogP contribution in [-0.2, 0) is 0 Å². The van der Waals surface area contributed by atoms with E-state index in [0.717, 1.165) is 25.9 Å². The predicted molar refractivity (Wildman–Crippen MR) is 65.0 cm³/mol. The van der Waals surface area contributed by atoms with E-state index in [1.54, 1.807) is 12.1 Å². The molecule has 1 aliphatic rings. The quantitative estimate of drug-likeness (QED) is 0.834. The maximum atomic E-state index is 12.1. The molecule has 17 heavy (non-hydrogen) atoms. The minimum absolute atomic E-state index is 0.00499. The zero-order chi connectivity index (χ0) is 12.3. The predicted octanol–water partition coefficient (Wildman–Crippen LogP) is 1.58. The van der Waals surface area contributed by atoms with E-state index < -0.39 is 0 Å². The maximum absolute atomic E-state index is 12.1. The summed E-state index contributed by atoms with van der Waals surface area (Å²) in [7, 11) is 0. The van der Waals surface area contributed by atoms with E-state index in [0.29, 0.717) is 16.6 Å². The monoisotopic (exact) mass is 254 g/mol. The Labute approximate surface area is 105 Å². The van der Waals surface area contributed by atoms with Crippen LogP contribution < -0.4 is 0 Å². The Morgan fingerprint density at radius 3 is 3.06 bits per heavy atom. The van der Waals surface area contributed by atoms with Crippen LogP contribution in [-0.4, -0.2) is 40.6 Å². The minimum Gasteiger partial charge on any atom is -0.396 e. The number of nitrogens with zero attached hydrogens (tertiary/aromatic N) is 2. The molecule has 1 atom stereocenters. The van der Waals surface area contributed by atoms with Crippen molar-refractivity contribution in [1.82, 2.24) is 9.88 Å². The molecule has 1 saturated heterocycles. The Morgan fingerprint density at radius 2 is 2.41 bits per heavy atom. The Kier molecular flexibility index (Phi) is 3.97. The van der Waals surface area contributed by atoms with Gasteiger partial charge in [-0.3, -0.25) is 4.79 Å². The molecular weight excluding hydrogens is 240 g/mol.